The molecule has 0 saturated heterocycles. The second kappa shape index (κ2) is 6.69. The number of hydrogen-bond donors (Lipinski definition) is 1. The maximum absolute atomic E-state index is 3.58. The van der Waals surface area contributed by atoms with Crippen molar-refractivity contribution in [1.82, 2.24) is 5.43 Å². The summed E-state index contributed by atoms with van der Waals surface area (Å²) in [6.45, 7) is 0. The number of nitrogens with zero attached hydrogens (tertiary/aromatic N) is 1. The number of benzene rings is 3. The highest BCUT2D eigenvalue weighted by Crippen LogP contribution is 2.34. The van der Waals surface area contributed by atoms with Gasteiger partial charge in [0.05, 0.1) is 17.4 Å². The van der Waals surface area contributed by atoms with Gasteiger partial charge in [0.1, 0.15) is 0 Å². The van der Waals surface area contributed by atoms with Gasteiger partial charge in [-0.2, -0.15) is 0 Å². The van der Waals surface area contributed by atoms with Crippen LogP contribution in [0.4, 0.5) is 5.69 Å². The molecule has 0 aromatic heterocycles. The van der Waals surface area contributed by atoms with Gasteiger partial charge in [0.2, 0.25) is 0 Å². The van der Waals surface area contributed by atoms with Crippen LogP contribution in [0.15, 0.2) is 91.0 Å². The molecule has 0 amide bonds. The minimum absolute atomic E-state index is 0.166. The van der Waals surface area contributed by atoms with E-state index in [9.17, 15) is 0 Å². The largest absolute Gasteiger partial charge is 0.297 e. The molecule has 3 aromatic carbocycles. The number of rotatable bonds is 3. The Morgan fingerprint density at radius 3 is 2.04 bits per heavy atom. The molecule has 3 aromatic rings. The van der Waals surface area contributed by atoms with E-state index in [1.807, 2.05) is 12.1 Å². The van der Waals surface area contributed by atoms with Gasteiger partial charge >= 0.3 is 0 Å². The first kappa shape index (κ1) is 15.3. The second-order valence-electron chi connectivity index (χ2n) is 5.76. The molecule has 1 heterocycles. The number of anilines is 1. The molecule has 0 fully saturated rings. The Bertz CT molecular complexity index is 842. The Morgan fingerprint density at radius 2 is 1.38 bits per heavy atom. The third kappa shape index (κ3) is 3.04. The molecule has 2 nitrogen and oxygen atoms in total. The van der Waals surface area contributed by atoms with Crippen LogP contribution in [0.1, 0.15) is 17.2 Å². The first-order chi connectivity index (χ1) is 11.8. The van der Waals surface area contributed by atoms with Crippen molar-refractivity contribution in [2.45, 2.75) is 6.04 Å². The Morgan fingerprint density at radius 1 is 0.750 bits per heavy atom. The van der Waals surface area contributed by atoms with Crippen LogP contribution >= 0.6 is 22.6 Å². The van der Waals surface area contributed by atoms with Gasteiger partial charge < -0.3 is 0 Å². The van der Waals surface area contributed by atoms with Crippen LogP contribution in [0.2, 0.25) is 0 Å². The summed E-state index contributed by atoms with van der Waals surface area (Å²) in [5.41, 5.74) is 8.35. The van der Waals surface area contributed by atoms with E-state index in [-0.39, 0.29) is 6.04 Å². The van der Waals surface area contributed by atoms with Gasteiger partial charge in [-0.15, -0.1) is 0 Å². The summed E-state index contributed by atoms with van der Waals surface area (Å²) in [6.07, 6.45) is 2.30. The van der Waals surface area contributed by atoms with E-state index >= 15 is 0 Å². The average Bonchev–Trinajstić information content (AvgIpc) is 3.09. The summed E-state index contributed by atoms with van der Waals surface area (Å²) in [5, 5.41) is 2.23. The molecule has 1 atom stereocenters. The fourth-order valence-corrected chi connectivity index (χ4v) is 3.33. The van der Waals surface area contributed by atoms with Crippen molar-refractivity contribution >= 4 is 34.0 Å². The molecule has 24 heavy (non-hydrogen) atoms. The standard InChI is InChI=1S/C21H17IN2/c22-18-13-11-17(12-14-18)21-15-20(16-7-3-1-4-8-16)23-24(21)19-9-5-2-6-10-19/h1-15,21,23H. The first-order valence-electron chi connectivity index (χ1n) is 7.95. The summed E-state index contributed by atoms with van der Waals surface area (Å²) >= 11 is 2.35. The monoisotopic (exact) mass is 424 g/mol. The van der Waals surface area contributed by atoms with Gasteiger partial charge in [0, 0.05) is 3.57 Å². The smallest absolute Gasteiger partial charge is 0.0958 e. The minimum atomic E-state index is 0.166. The highest BCUT2D eigenvalue weighted by atomic mass is 127. The van der Waals surface area contributed by atoms with Gasteiger partial charge in [0.15, 0.2) is 0 Å². The van der Waals surface area contributed by atoms with Crippen LogP contribution in [0, 0.1) is 3.57 Å². The molecule has 0 radical (unpaired) electrons. The summed E-state index contributed by atoms with van der Waals surface area (Å²) in [6, 6.07) is 29.8. The van der Waals surface area contributed by atoms with Crippen LogP contribution in [-0.4, -0.2) is 0 Å². The Kier molecular flexibility index (Phi) is 4.26. The fourth-order valence-electron chi connectivity index (χ4n) is 2.97. The number of hydrazine groups is 1. The Labute approximate surface area is 155 Å². The van der Waals surface area contributed by atoms with Gasteiger partial charge in [-0.05, 0) is 64.1 Å². The Hall–Kier alpha value is -2.27. The maximum atomic E-state index is 3.58. The number of para-hydroxylation sites is 1. The molecular formula is C21H17IN2. The zero-order chi connectivity index (χ0) is 16.4. The van der Waals surface area contributed by atoms with Gasteiger partial charge in [-0.25, -0.2) is 0 Å². The van der Waals surface area contributed by atoms with E-state index in [0.717, 1.165) is 11.4 Å². The van der Waals surface area contributed by atoms with Crippen molar-refractivity contribution in [1.29, 1.82) is 0 Å². The van der Waals surface area contributed by atoms with Crippen molar-refractivity contribution in [3.63, 3.8) is 0 Å². The van der Waals surface area contributed by atoms with Crippen molar-refractivity contribution in [3.8, 4) is 0 Å². The average molecular weight is 424 g/mol. The quantitative estimate of drug-likeness (QED) is 0.567. The molecule has 4 rings (SSSR count). The number of halogens is 1. The molecule has 1 unspecified atom stereocenters. The molecular weight excluding hydrogens is 407 g/mol. The molecule has 3 heteroatoms. The molecule has 0 saturated carbocycles. The number of hydrogen-bond acceptors (Lipinski definition) is 2. The zero-order valence-electron chi connectivity index (χ0n) is 13.1. The SMILES string of the molecule is Ic1ccc(C2C=C(c3ccccc3)NN2c2ccccc2)cc1. The van der Waals surface area contributed by atoms with Crippen LogP contribution in [0.25, 0.3) is 5.70 Å². The van der Waals surface area contributed by atoms with Gasteiger partial charge in [-0.1, -0.05) is 60.7 Å². The molecule has 0 bridgehead atoms. The van der Waals surface area contributed by atoms with Crippen molar-refractivity contribution < 1.29 is 0 Å². The summed E-state index contributed by atoms with van der Waals surface area (Å²) in [7, 11) is 0. The predicted octanol–water partition coefficient (Wildman–Crippen LogP) is 5.40. The molecule has 1 aliphatic heterocycles. The van der Waals surface area contributed by atoms with Gasteiger partial charge in [0.25, 0.3) is 0 Å². The molecule has 0 aliphatic carbocycles. The molecule has 1 aliphatic rings. The van der Waals surface area contributed by atoms with Crippen molar-refractivity contribution in [2.75, 3.05) is 5.01 Å². The highest BCUT2D eigenvalue weighted by Gasteiger charge is 2.26. The van der Waals surface area contributed by atoms with E-state index in [1.165, 1.54) is 14.7 Å². The lowest BCUT2D eigenvalue weighted by Gasteiger charge is -2.27. The summed E-state index contributed by atoms with van der Waals surface area (Å²) in [4.78, 5) is 0. The second-order valence-corrected chi connectivity index (χ2v) is 7.01. The number of nitrogens with one attached hydrogen (secondary N) is 1. The third-order valence-electron chi connectivity index (χ3n) is 4.17. The lowest BCUT2D eigenvalue weighted by molar-refractivity contribution is 0.724. The minimum Gasteiger partial charge on any atom is -0.297 e. The van der Waals surface area contributed by atoms with E-state index in [4.69, 9.17) is 0 Å². The van der Waals surface area contributed by atoms with E-state index in [0.29, 0.717) is 0 Å². The van der Waals surface area contributed by atoms with Gasteiger partial charge in [-0.3, -0.25) is 10.4 Å². The van der Waals surface area contributed by atoms with Crippen LogP contribution in [0.3, 0.4) is 0 Å². The topological polar surface area (TPSA) is 15.3 Å². The van der Waals surface area contributed by atoms with E-state index in [1.54, 1.807) is 0 Å². The Balaban J connectivity index is 1.75. The maximum Gasteiger partial charge on any atom is 0.0958 e. The molecule has 0 spiro atoms. The van der Waals surface area contributed by atoms with Crippen LogP contribution < -0.4 is 10.4 Å². The molecule has 1 N–H and O–H groups in total. The van der Waals surface area contributed by atoms with E-state index < -0.39 is 0 Å². The van der Waals surface area contributed by atoms with Crippen LogP contribution in [-0.2, 0) is 0 Å². The zero-order valence-corrected chi connectivity index (χ0v) is 15.2. The van der Waals surface area contributed by atoms with Crippen LogP contribution in [0.5, 0.6) is 0 Å². The highest BCUT2D eigenvalue weighted by molar-refractivity contribution is 14.1. The third-order valence-corrected chi connectivity index (χ3v) is 4.89. The van der Waals surface area contributed by atoms with Crippen molar-refractivity contribution in [3.05, 3.63) is 106 Å². The summed E-state index contributed by atoms with van der Waals surface area (Å²) in [5.74, 6) is 0. The lowest BCUT2D eigenvalue weighted by atomic mass is 10.0. The first-order valence-corrected chi connectivity index (χ1v) is 9.03. The van der Waals surface area contributed by atoms with Crippen molar-refractivity contribution in [2.24, 2.45) is 0 Å². The summed E-state index contributed by atoms with van der Waals surface area (Å²) < 4.78 is 1.25. The normalized spacial score (nSPS) is 16.6. The predicted molar refractivity (Wildman–Crippen MR) is 108 cm³/mol. The molecule has 118 valence electrons. The van der Waals surface area contributed by atoms with E-state index in [2.05, 4.69) is 112 Å². The lowest BCUT2D eigenvalue weighted by Crippen LogP contribution is -2.33. The fraction of sp³-hybridized carbons (Fsp3) is 0.0476.